The monoisotopic (exact) mass is 568 g/mol. The molecule has 0 heterocycles. The standard InChI is InChI=1S/C33H48N2O6/c1-33(2,3)41-32(39)34-23-15-10-8-6-4-5-7-9-14-18-30(36)35-29(31(37)38)24-26-19-21-28(22-20-26)40-25-27-16-12-11-13-17-27/h11-13,16-17,19-22,29H,4-10,14-15,18,23-25H2,1-3H3,(H,34,39)(H,35,36)(H,37,38). The van der Waals surface area contributed by atoms with Gasteiger partial charge in [-0.3, -0.25) is 4.79 Å². The number of alkyl carbamates (subject to hydrolysis) is 1. The molecule has 226 valence electrons. The van der Waals surface area contributed by atoms with Crippen LogP contribution in [0.3, 0.4) is 0 Å². The van der Waals surface area contributed by atoms with Gasteiger partial charge < -0.3 is 25.2 Å². The molecule has 0 bridgehead atoms. The molecule has 0 saturated heterocycles. The van der Waals surface area contributed by atoms with Gasteiger partial charge in [0.1, 0.15) is 24.0 Å². The van der Waals surface area contributed by atoms with Crippen LogP contribution in [0.15, 0.2) is 54.6 Å². The van der Waals surface area contributed by atoms with Gasteiger partial charge in [0.05, 0.1) is 0 Å². The lowest BCUT2D eigenvalue weighted by molar-refractivity contribution is -0.141. The Labute approximate surface area is 245 Å². The lowest BCUT2D eigenvalue weighted by Crippen LogP contribution is -2.42. The van der Waals surface area contributed by atoms with Crippen LogP contribution < -0.4 is 15.4 Å². The molecule has 1 atom stereocenters. The van der Waals surface area contributed by atoms with E-state index in [-0.39, 0.29) is 18.4 Å². The van der Waals surface area contributed by atoms with Crippen molar-refractivity contribution in [2.24, 2.45) is 0 Å². The second-order valence-corrected chi connectivity index (χ2v) is 11.4. The fourth-order valence-electron chi connectivity index (χ4n) is 4.32. The number of hydrogen-bond donors (Lipinski definition) is 3. The minimum Gasteiger partial charge on any atom is -0.489 e. The van der Waals surface area contributed by atoms with Crippen molar-refractivity contribution in [3.63, 3.8) is 0 Å². The molecule has 3 N–H and O–H groups in total. The average molecular weight is 569 g/mol. The summed E-state index contributed by atoms with van der Waals surface area (Å²) < 4.78 is 11.0. The van der Waals surface area contributed by atoms with E-state index in [1.54, 1.807) is 0 Å². The van der Waals surface area contributed by atoms with E-state index in [0.717, 1.165) is 68.9 Å². The first-order valence-corrected chi connectivity index (χ1v) is 14.9. The third kappa shape index (κ3) is 16.3. The van der Waals surface area contributed by atoms with Crippen LogP contribution in [0.1, 0.15) is 96.1 Å². The van der Waals surface area contributed by atoms with Gasteiger partial charge in [-0.2, -0.15) is 0 Å². The third-order valence-corrected chi connectivity index (χ3v) is 6.49. The minimum absolute atomic E-state index is 0.219. The maximum Gasteiger partial charge on any atom is 0.407 e. The van der Waals surface area contributed by atoms with E-state index in [4.69, 9.17) is 9.47 Å². The summed E-state index contributed by atoms with van der Waals surface area (Å²) in [6, 6.07) is 16.2. The fraction of sp³-hybridized carbons (Fsp3) is 0.545. The zero-order valence-corrected chi connectivity index (χ0v) is 25.0. The highest BCUT2D eigenvalue weighted by Crippen LogP contribution is 2.16. The Bertz CT molecular complexity index is 1030. The molecule has 8 nitrogen and oxygen atoms in total. The third-order valence-electron chi connectivity index (χ3n) is 6.49. The van der Waals surface area contributed by atoms with E-state index in [0.29, 0.717) is 25.3 Å². The van der Waals surface area contributed by atoms with Crippen molar-refractivity contribution in [1.29, 1.82) is 0 Å². The van der Waals surface area contributed by atoms with E-state index in [1.807, 2.05) is 75.4 Å². The van der Waals surface area contributed by atoms with Crippen LogP contribution in [-0.2, 0) is 27.4 Å². The van der Waals surface area contributed by atoms with Gasteiger partial charge in [-0.25, -0.2) is 9.59 Å². The molecule has 0 aliphatic rings. The Kier molecular flexibility index (Phi) is 15.4. The number of hydrogen-bond acceptors (Lipinski definition) is 5. The van der Waals surface area contributed by atoms with Crippen LogP contribution in [0.2, 0.25) is 0 Å². The molecular weight excluding hydrogens is 520 g/mol. The highest BCUT2D eigenvalue weighted by Gasteiger charge is 2.20. The molecule has 0 fully saturated rings. The summed E-state index contributed by atoms with van der Waals surface area (Å²) >= 11 is 0. The highest BCUT2D eigenvalue weighted by molar-refractivity contribution is 5.83. The number of carboxylic acid groups (broad SMARTS) is 1. The van der Waals surface area contributed by atoms with Gasteiger partial charge in [-0.05, 0) is 56.9 Å². The van der Waals surface area contributed by atoms with Crippen LogP contribution in [0.5, 0.6) is 5.75 Å². The number of unbranched alkanes of at least 4 members (excludes halogenated alkanes) is 8. The lowest BCUT2D eigenvalue weighted by atomic mass is 10.0. The summed E-state index contributed by atoms with van der Waals surface area (Å²) in [6.07, 6.45) is 9.56. The van der Waals surface area contributed by atoms with Crippen molar-refractivity contribution in [3.8, 4) is 5.75 Å². The molecule has 0 aliphatic heterocycles. The largest absolute Gasteiger partial charge is 0.489 e. The van der Waals surface area contributed by atoms with Crippen molar-refractivity contribution in [2.45, 2.75) is 110 Å². The van der Waals surface area contributed by atoms with Crippen LogP contribution in [0, 0.1) is 0 Å². The summed E-state index contributed by atoms with van der Waals surface area (Å²) in [5.74, 6) is -0.551. The number of carbonyl (C=O) groups excluding carboxylic acids is 2. The summed E-state index contributed by atoms with van der Waals surface area (Å²) in [4.78, 5) is 35.7. The van der Waals surface area contributed by atoms with Gasteiger partial charge in [0.2, 0.25) is 5.91 Å². The van der Waals surface area contributed by atoms with Crippen molar-refractivity contribution >= 4 is 18.0 Å². The van der Waals surface area contributed by atoms with Crippen molar-refractivity contribution in [2.75, 3.05) is 6.54 Å². The quantitative estimate of drug-likeness (QED) is 0.161. The van der Waals surface area contributed by atoms with Crippen LogP contribution in [-0.4, -0.2) is 41.3 Å². The number of nitrogens with one attached hydrogen (secondary N) is 2. The Morgan fingerprint density at radius 2 is 1.37 bits per heavy atom. The number of aliphatic carboxylic acids is 1. The Balaban J connectivity index is 1.51. The number of carbonyl (C=O) groups is 3. The maximum absolute atomic E-state index is 12.4. The highest BCUT2D eigenvalue weighted by atomic mass is 16.6. The van der Waals surface area contributed by atoms with E-state index >= 15 is 0 Å². The molecule has 1 unspecified atom stereocenters. The normalized spacial score (nSPS) is 11.9. The minimum atomic E-state index is -1.04. The SMILES string of the molecule is CC(C)(C)OC(=O)NCCCCCCCCCCCC(=O)NC(Cc1ccc(OCc2ccccc2)cc1)C(=O)O. The van der Waals surface area contributed by atoms with Crippen molar-refractivity contribution in [1.82, 2.24) is 10.6 Å². The zero-order chi connectivity index (χ0) is 29.9. The first kappa shape index (κ1) is 33.7. The fourth-order valence-corrected chi connectivity index (χ4v) is 4.32. The number of carboxylic acids is 1. The molecule has 0 spiro atoms. The topological polar surface area (TPSA) is 114 Å². The van der Waals surface area contributed by atoms with E-state index in [9.17, 15) is 19.5 Å². The van der Waals surface area contributed by atoms with Crippen molar-refractivity contribution in [3.05, 3.63) is 65.7 Å². The molecule has 2 aromatic carbocycles. The molecule has 0 aromatic heterocycles. The van der Waals surface area contributed by atoms with Crippen LogP contribution in [0.4, 0.5) is 4.79 Å². The molecule has 8 heteroatoms. The first-order chi connectivity index (χ1) is 19.6. The molecule has 41 heavy (non-hydrogen) atoms. The van der Waals surface area contributed by atoms with Gasteiger partial charge in [-0.15, -0.1) is 0 Å². The number of amides is 2. The summed E-state index contributed by atoms with van der Waals surface area (Å²) in [6.45, 7) is 6.65. The van der Waals surface area contributed by atoms with E-state index in [1.165, 1.54) is 0 Å². The average Bonchev–Trinajstić information content (AvgIpc) is 2.92. The molecule has 2 aromatic rings. The predicted octanol–water partition coefficient (Wildman–Crippen LogP) is 6.80. The Morgan fingerprint density at radius 1 is 0.780 bits per heavy atom. The predicted molar refractivity (Wildman–Crippen MR) is 161 cm³/mol. The van der Waals surface area contributed by atoms with Gasteiger partial charge >= 0.3 is 12.1 Å². The Morgan fingerprint density at radius 3 is 1.95 bits per heavy atom. The van der Waals surface area contributed by atoms with E-state index < -0.39 is 17.6 Å². The lowest BCUT2D eigenvalue weighted by Gasteiger charge is -2.19. The van der Waals surface area contributed by atoms with Gasteiger partial charge in [0.25, 0.3) is 0 Å². The second kappa shape index (κ2) is 18.7. The Hall–Kier alpha value is -3.55. The molecule has 2 amide bonds. The molecule has 0 saturated carbocycles. The molecule has 0 aliphatic carbocycles. The number of rotatable bonds is 19. The smallest absolute Gasteiger partial charge is 0.407 e. The van der Waals surface area contributed by atoms with E-state index in [2.05, 4.69) is 10.6 Å². The first-order valence-electron chi connectivity index (χ1n) is 14.9. The van der Waals surface area contributed by atoms with Gasteiger partial charge in [0.15, 0.2) is 0 Å². The second-order valence-electron chi connectivity index (χ2n) is 11.4. The summed E-state index contributed by atoms with van der Waals surface area (Å²) in [5, 5.41) is 15.1. The number of benzene rings is 2. The van der Waals surface area contributed by atoms with Gasteiger partial charge in [0, 0.05) is 19.4 Å². The maximum atomic E-state index is 12.4. The number of ether oxygens (including phenoxy) is 2. The zero-order valence-electron chi connectivity index (χ0n) is 25.0. The van der Waals surface area contributed by atoms with Crippen LogP contribution >= 0.6 is 0 Å². The van der Waals surface area contributed by atoms with Gasteiger partial charge in [-0.1, -0.05) is 87.4 Å². The molecular formula is C33H48N2O6. The van der Waals surface area contributed by atoms with Crippen molar-refractivity contribution < 1.29 is 29.0 Å². The summed E-state index contributed by atoms with van der Waals surface area (Å²) in [7, 11) is 0. The summed E-state index contributed by atoms with van der Waals surface area (Å²) in [5.41, 5.74) is 1.43. The van der Waals surface area contributed by atoms with Crippen LogP contribution in [0.25, 0.3) is 0 Å². The molecule has 0 radical (unpaired) electrons. The molecule has 2 rings (SSSR count).